The average molecular weight is 321 g/mol. The third-order valence-electron chi connectivity index (χ3n) is 2.93. The second kappa shape index (κ2) is 6.19. The smallest absolute Gasteiger partial charge is 0.237 e. The fourth-order valence-corrected chi connectivity index (χ4v) is 3.35. The Morgan fingerprint density at radius 3 is 2.71 bits per heavy atom. The van der Waals surface area contributed by atoms with Gasteiger partial charge in [0.15, 0.2) is 0 Å². The van der Waals surface area contributed by atoms with Gasteiger partial charge in [0, 0.05) is 11.8 Å². The molecule has 0 saturated carbocycles. The molecule has 0 fully saturated rings. The van der Waals surface area contributed by atoms with Gasteiger partial charge in [-0.3, -0.25) is 9.71 Å². The number of pyridine rings is 1. The Hall–Kier alpha value is -1.99. The summed E-state index contributed by atoms with van der Waals surface area (Å²) in [5.74, 6) is -0.200. The molecular formula is C14H15N3O2S2. The Bertz CT molecular complexity index is 773. The van der Waals surface area contributed by atoms with Crippen molar-refractivity contribution in [3.63, 3.8) is 0 Å². The van der Waals surface area contributed by atoms with Crippen LogP contribution in [0.5, 0.6) is 0 Å². The van der Waals surface area contributed by atoms with Crippen LogP contribution in [0, 0.1) is 6.92 Å². The van der Waals surface area contributed by atoms with Crippen LogP contribution in [-0.4, -0.2) is 18.4 Å². The van der Waals surface area contributed by atoms with E-state index in [2.05, 4.69) is 9.71 Å². The molecule has 1 heterocycles. The van der Waals surface area contributed by atoms with Crippen molar-refractivity contribution in [1.82, 2.24) is 4.98 Å². The Kier molecular flexibility index (Phi) is 4.54. The molecule has 2 rings (SSSR count). The van der Waals surface area contributed by atoms with Gasteiger partial charge in [-0.1, -0.05) is 36.5 Å². The maximum Gasteiger partial charge on any atom is 0.237 e. The molecule has 0 aliphatic rings. The molecule has 0 aliphatic heterocycles. The molecule has 0 spiro atoms. The molecule has 0 atom stereocenters. The third kappa shape index (κ3) is 3.99. The Balaban J connectivity index is 2.27. The van der Waals surface area contributed by atoms with E-state index >= 15 is 0 Å². The summed E-state index contributed by atoms with van der Waals surface area (Å²) in [6.45, 7) is 1.81. The molecule has 3 N–H and O–H groups in total. The number of anilines is 1. The van der Waals surface area contributed by atoms with Gasteiger partial charge in [-0.15, -0.1) is 0 Å². The van der Waals surface area contributed by atoms with Crippen molar-refractivity contribution < 1.29 is 8.42 Å². The summed E-state index contributed by atoms with van der Waals surface area (Å²) >= 11 is 4.94. The summed E-state index contributed by atoms with van der Waals surface area (Å²) < 4.78 is 27.1. The zero-order chi connectivity index (χ0) is 15.5. The van der Waals surface area contributed by atoms with E-state index in [1.54, 1.807) is 36.5 Å². The summed E-state index contributed by atoms with van der Waals surface area (Å²) in [6.07, 6.45) is 3.08. The Labute approximate surface area is 129 Å². The first-order chi connectivity index (χ1) is 9.89. The van der Waals surface area contributed by atoms with Gasteiger partial charge in [0.1, 0.15) is 4.99 Å². The molecule has 5 nitrogen and oxygen atoms in total. The molecule has 0 saturated heterocycles. The van der Waals surface area contributed by atoms with Crippen molar-refractivity contribution in [2.24, 2.45) is 5.73 Å². The number of sulfonamides is 1. The fraction of sp³-hybridized carbons (Fsp3) is 0.143. The van der Waals surface area contributed by atoms with E-state index in [0.29, 0.717) is 16.8 Å². The van der Waals surface area contributed by atoms with Gasteiger partial charge in [0.2, 0.25) is 10.0 Å². The number of nitrogens with zero attached hydrogens (tertiary/aromatic N) is 1. The second-order valence-electron chi connectivity index (χ2n) is 4.57. The Morgan fingerprint density at radius 1 is 1.33 bits per heavy atom. The summed E-state index contributed by atoms with van der Waals surface area (Å²) in [5.41, 5.74) is 8.02. The van der Waals surface area contributed by atoms with Crippen molar-refractivity contribution in [2.45, 2.75) is 12.7 Å². The SMILES string of the molecule is Cc1ccncc1NS(=O)(=O)Cc1ccccc1C(N)=S. The van der Waals surface area contributed by atoms with E-state index < -0.39 is 10.0 Å². The summed E-state index contributed by atoms with van der Waals surface area (Å²) in [6, 6.07) is 8.67. The number of hydrogen-bond donors (Lipinski definition) is 2. The molecule has 2 aromatic rings. The lowest BCUT2D eigenvalue weighted by molar-refractivity contribution is 0.600. The predicted octanol–water partition coefficient (Wildman–Crippen LogP) is 1.97. The minimum atomic E-state index is -3.57. The van der Waals surface area contributed by atoms with Gasteiger partial charge >= 0.3 is 0 Å². The summed E-state index contributed by atoms with van der Waals surface area (Å²) in [7, 11) is -3.57. The molecule has 1 aromatic heterocycles. The van der Waals surface area contributed by atoms with Crippen molar-refractivity contribution in [3.05, 3.63) is 59.4 Å². The summed E-state index contributed by atoms with van der Waals surface area (Å²) in [4.78, 5) is 4.09. The molecule has 21 heavy (non-hydrogen) atoms. The highest BCUT2D eigenvalue weighted by Crippen LogP contribution is 2.17. The second-order valence-corrected chi connectivity index (χ2v) is 6.74. The van der Waals surface area contributed by atoms with Crippen LogP contribution in [0.1, 0.15) is 16.7 Å². The van der Waals surface area contributed by atoms with E-state index in [4.69, 9.17) is 18.0 Å². The van der Waals surface area contributed by atoms with Crippen LogP contribution in [0.25, 0.3) is 0 Å². The largest absolute Gasteiger partial charge is 0.389 e. The number of hydrogen-bond acceptors (Lipinski definition) is 4. The van der Waals surface area contributed by atoms with Gasteiger partial charge in [0.05, 0.1) is 17.6 Å². The maximum atomic E-state index is 12.3. The van der Waals surface area contributed by atoms with E-state index in [9.17, 15) is 8.42 Å². The van der Waals surface area contributed by atoms with Gasteiger partial charge in [-0.05, 0) is 24.1 Å². The molecule has 7 heteroatoms. The Morgan fingerprint density at radius 2 is 2.05 bits per heavy atom. The zero-order valence-electron chi connectivity index (χ0n) is 11.4. The van der Waals surface area contributed by atoms with E-state index in [1.807, 2.05) is 6.92 Å². The standard InChI is InChI=1S/C14H15N3O2S2/c1-10-6-7-16-8-13(10)17-21(18,19)9-11-4-2-3-5-12(11)14(15)20/h2-8,17H,9H2,1H3,(H2,15,20). The topological polar surface area (TPSA) is 85.1 Å². The molecule has 1 aromatic carbocycles. The van der Waals surface area contributed by atoms with Crippen molar-refractivity contribution >= 4 is 32.9 Å². The quantitative estimate of drug-likeness (QED) is 0.822. The number of aromatic nitrogens is 1. The summed E-state index contributed by atoms with van der Waals surface area (Å²) in [5, 5.41) is 0. The number of rotatable bonds is 5. The number of nitrogens with two attached hydrogens (primary N) is 1. The maximum absolute atomic E-state index is 12.3. The lowest BCUT2D eigenvalue weighted by atomic mass is 10.1. The highest BCUT2D eigenvalue weighted by atomic mass is 32.2. The molecule has 0 amide bonds. The molecule has 0 aliphatic carbocycles. The van der Waals surface area contributed by atoms with Gasteiger partial charge in [-0.2, -0.15) is 0 Å². The average Bonchev–Trinajstić information content (AvgIpc) is 2.41. The van der Waals surface area contributed by atoms with Crippen LogP contribution >= 0.6 is 12.2 Å². The first-order valence-corrected chi connectivity index (χ1v) is 8.24. The molecule has 0 bridgehead atoms. The van der Waals surface area contributed by atoms with Gasteiger partial charge in [0.25, 0.3) is 0 Å². The van der Waals surface area contributed by atoms with Gasteiger partial charge < -0.3 is 5.73 Å². The number of thiocarbonyl (C=S) groups is 1. The molecule has 0 radical (unpaired) electrons. The first-order valence-electron chi connectivity index (χ1n) is 6.18. The minimum absolute atomic E-state index is 0.179. The normalized spacial score (nSPS) is 11.1. The van der Waals surface area contributed by atoms with Crippen LogP contribution < -0.4 is 10.5 Å². The lowest BCUT2D eigenvalue weighted by Crippen LogP contribution is -2.19. The minimum Gasteiger partial charge on any atom is -0.389 e. The van der Waals surface area contributed by atoms with Crippen LogP contribution in [0.2, 0.25) is 0 Å². The van der Waals surface area contributed by atoms with E-state index in [1.165, 1.54) is 6.20 Å². The van der Waals surface area contributed by atoms with Crippen LogP contribution in [0.4, 0.5) is 5.69 Å². The molecule has 0 unspecified atom stereocenters. The van der Waals surface area contributed by atoms with Crippen molar-refractivity contribution in [3.8, 4) is 0 Å². The highest BCUT2D eigenvalue weighted by Gasteiger charge is 2.16. The molecular weight excluding hydrogens is 306 g/mol. The van der Waals surface area contributed by atoms with E-state index in [-0.39, 0.29) is 10.7 Å². The van der Waals surface area contributed by atoms with Crippen LogP contribution in [0.3, 0.4) is 0 Å². The van der Waals surface area contributed by atoms with Crippen molar-refractivity contribution in [1.29, 1.82) is 0 Å². The van der Waals surface area contributed by atoms with Crippen LogP contribution in [-0.2, 0) is 15.8 Å². The van der Waals surface area contributed by atoms with E-state index in [0.717, 1.165) is 5.56 Å². The van der Waals surface area contributed by atoms with Gasteiger partial charge in [-0.25, -0.2) is 8.42 Å². The number of aryl methyl sites for hydroxylation is 1. The van der Waals surface area contributed by atoms with Crippen molar-refractivity contribution in [2.75, 3.05) is 4.72 Å². The lowest BCUT2D eigenvalue weighted by Gasteiger charge is -2.12. The third-order valence-corrected chi connectivity index (χ3v) is 4.37. The fourth-order valence-electron chi connectivity index (χ4n) is 1.87. The van der Waals surface area contributed by atoms with Crippen LogP contribution in [0.15, 0.2) is 42.7 Å². The number of benzene rings is 1. The monoisotopic (exact) mass is 321 g/mol. The first kappa shape index (κ1) is 15.4. The number of nitrogens with one attached hydrogen (secondary N) is 1. The predicted molar refractivity (Wildman–Crippen MR) is 87.5 cm³/mol. The molecule has 110 valence electrons. The zero-order valence-corrected chi connectivity index (χ0v) is 13.0. The highest BCUT2D eigenvalue weighted by molar-refractivity contribution is 7.91.